The monoisotopic (exact) mass is 308 g/mol. The molecule has 2 atom stereocenters. The molecular formula is C16H21ClN2S. The number of hydrogen-bond acceptors (Lipinski definition) is 3. The van der Waals surface area contributed by atoms with Gasteiger partial charge < -0.3 is 5.32 Å². The molecule has 4 heteroatoms. The molecule has 0 spiro atoms. The molecule has 2 unspecified atom stereocenters. The van der Waals surface area contributed by atoms with Crippen molar-refractivity contribution in [3.8, 4) is 0 Å². The first-order chi connectivity index (χ1) is 9.63. The summed E-state index contributed by atoms with van der Waals surface area (Å²) in [5.41, 5.74) is 1.00. The zero-order valence-corrected chi connectivity index (χ0v) is 13.6. The Kier molecular flexibility index (Phi) is 4.18. The van der Waals surface area contributed by atoms with Gasteiger partial charge in [-0.3, -0.25) is 0 Å². The number of rotatable bonds is 3. The van der Waals surface area contributed by atoms with Crippen LogP contribution in [0.4, 0.5) is 5.13 Å². The van der Waals surface area contributed by atoms with E-state index in [2.05, 4.69) is 30.2 Å². The minimum Gasteiger partial charge on any atom is -0.358 e. The van der Waals surface area contributed by atoms with Crippen LogP contribution in [-0.2, 0) is 0 Å². The van der Waals surface area contributed by atoms with Crippen LogP contribution < -0.4 is 5.32 Å². The van der Waals surface area contributed by atoms with Crippen LogP contribution >= 0.6 is 22.9 Å². The molecule has 1 saturated carbocycles. The van der Waals surface area contributed by atoms with Gasteiger partial charge in [0.05, 0.1) is 10.2 Å². The minimum atomic E-state index is 0.569. The number of nitrogens with one attached hydrogen (secondary N) is 1. The summed E-state index contributed by atoms with van der Waals surface area (Å²) in [6.07, 6.45) is 5.31. The van der Waals surface area contributed by atoms with Crippen LogP contribution in [0.3, 0.4) is 0 Å². The maximum atomic E-state index is 6.03. The molecule has 1 heterocycles. The quantitative estimate of drug-likeness (QED) is 0.801. The normalized spacial score (nSPS) is 23.4. The van der Waals surface area contributed by atoms with Crippen molar-refractivity contribution in [1.82, 2.24) is 4.98 Å². The largest absolute Gasteiger partial charge is 0.358 e. The Labute approximate surface area is 129 Å². The SMILES string of the molecule is CC(C)C1CCCCC1Nc1nc2cc(Cl)ccc2s1. The number of fused-ring (bicyclic) bond motifs is 1. The Hall–Kier alpha value is -0.800. The molecule has 1 aliphatic rings. The fourth-order valence-corrected chi connectivity index (χ4v) is 4.33. The predicted octanol–water partition coefficient (Wildman–Crippen LogP) is 5.58. The highest BCUT2D eigenvalue weighted by atomic mass is 35.5. The number of thiazole rings is 1. The van der Waals surface area contributed by atoms with E-state index < -0.39 is 0 Å². The molecule has 2 aromatic rings. The van der Waals surface area contributed by atoms with E-state index in [0.29, 0.717) is 6.04 Å². The number of halogens is 1. The molecule has 2 nitrogen and oxygen atoms in total. The number of nitrogens with zero attached hydrogens (tertiary/aromatic N) is 1. The van der Waals surface area contributed by atoms with Crippen molar-refractivity contribution in [2.45, 2.75) is 45.6 Å². The van der Waals surface area contributed by atoms with Gasteiger partial charge in [0.2, 0.25) is 0 Å². The van der Waals surface area contributed by atoms with Crippen LogP contribution in [0.25, 0.3) is 10.2 Å². The maximum Gasteiger partial charge on any atom is 0.184 e. The van der Waals surface area contributed by atoms with Crippen molar-refractivity contribution < 1.29 is 0 Å². The van der Waals surface area contributed by atoms with Gasteiger partial charge >= 0.3 is 0 Å². The summed E-state index contributed by atoms with van der Waals surface area (Å²) in [6, 6.07) is 6.50. The zero-order chi connectivity index (χ0) is 14.1. The number of hydrogen-bond donors (Lipinski definition) is 1. The average molecular weight is 309 g/mol. The summed E-state index contributed by atoms with van der Waals surface area (Å²) < 4.78 is 1.20. The molecule has 20 heavy (non-hydrogen) atoms. The lowest BCUT2D eigenvalue weighted by Gasteiger charge is -2.34. The topological polar surface area (TPSA) is 24.9 Å². The van der Waals surface area contributed by atoms with Crippen LogP contribution in [0, 0.1) is 11.8 Å². The summed E-state index contributed by atoms with van der Waals surface area (Å²) in [5.74, 6) is 1.50. The van der Waals surface area contributed by atoms with Gasteiger partial charge in [0.15, 0.2) is 5.13 Å². The molecule has 0 amide bonds. The Morgan fingerprint density at radius 2 is 2.10 bits per heavy atom. The number of anilines is 1. The molecule has 1 N–H and O–H groups in total. The molecular weight excluding hydrogens is 288 g/mol. The second-order valence-corrected chi connectivity index (χ2v) is 7.54. The van der Waals surface area contributed by atoms with E-state index >= 15 is 0 Å². The van der Waals surface area contributed by atoms with E-state index in [4.69, 9.17) is 11.6 Å². The van der Waals surface area contributed by atoms with Crippen molar-refractivity contribution in [2.24, 2.45) is 11.8 Å². The fourth-order valence-electron chi connectivity index (χ4n) is 3.26. The molecule has 1 fully saturated rings. The van der Waals surface area contributed by atoms with Crippen molar-refractivity contribution in [1.29, 1.82) is 0 Å². The lowest BCUT2D eigenvalue weighted by molar-refractivity contribution is 0.254. The molecule has 1 aromatic heterocycles. The van der Waals surface area contributed by atoms with E-state index in [1.54, 1.807) is 11.3 Å². The first kappa shape index (κ1) is 14.2. The van der Waals surface area contributed by atoms with Gasteiger partial charge in [-0.05, 0) is 42.9 Å². The molecule has 0 saturated heterocycles. The third-order valence-corrected chi connectivity index (χ3v) is 5.54. The molecule has 1 aliphatic carbocycles. The lowest BCUT2D eigenvalue weighted by atomic mass is 9.78. The average Bonchev–Trinajstić information content (AvgIpc) is 2.80. The Bertz CT molecular complexity index is 593. The highest BCUT2D eigenvalue weighted by Crippen LogP contribution is 2.34. The van der Waals surface area contributed by atoms with Crippen LogP contribution in [0.5, 0.6) is 0 Å². The van der Waals surface area contributed by atoms with Gasteiger partial charge in [0.25, 0.3) is 0 Å². The van der Waals surface area contributed by atoms with Gasteiger partial charge in [-0.1, -0.05) is 49.6 Å². The van der Waals surface area contributed by atoms with E-state index in [1.165, 1.54) is 30.4 Å². The van der Waals surface area contributed by atoms with Crippen molar-refractivity contribution in [3.05, 3.63) is 23.2 Å². The summed E-state index contributed by atoms with van der Waals surface area (Å²) in [4.78, 5) is 4.68. The van der Waals surface area contributed by atoms with Crippen molar-refractivity contribution in [2.75, 3.05) is 5.32 Å². The lowest BCUT2D eigenvalue weighted by Crippen LogP contribution is -2.35. The van der Waals surface area contributed by atoms with Gasteiger partial charge in [-0.15, -0.1) is 0 Å². The fraction of sp³-hybridized carbons (Fsp3) is 0.562. The molecule has 0 bridgehead atoms. The second-order valence-electron chi connectivity index (χ2n) is 6.07. The Morgan fingerprint density at radius 1 is 1.30 bits per heavy atom. The van der Waals surface area contributed by atoms with E-state index in [0.717, 1.165) is 27.5 Å². The van der Waals surface area contributed by atoms with E-state index in [9.17, 15) is 0 Å². The van der Waals surface area contributed by atoms with E-state index in [1.807, 2.05) is 12.1 Å². The van der Waals surface area contributed by atoms with E-state index in [-0.39, 0.29) is 0 Å². The van der Waals surface area contributed by atoms with Crippen LogP contribution in [0.2, 0.25) is 5.02 Å². The molecule has 3 rings (SSSR count). The summed E-state index contributed by atoms with van der Waals surface area (Å²) in [7, 11) is 0. The van der Waals surface area contributed by atoms with Gasteiger partial charge in [0.1, 0.15) is 0 Å². The third kappa shape index (κ3) is 2.94. The van der Waals surface area contributed by atoms with Crippen LogP contribution in [-0.4, -0.2) is 11.0 Å². The second kappa shape index (κ2) is 5.90. The first-order valence-corrected chi connectivity index (χ1v) is 8.65. The summed E-state index contributed by atoms with van der Waals surface area (Å²) in [5, 5.41) is 5.48. The zero-order valence-electron chi connectivity index (χ0n) is 12.0. The van der Waals surface area contributed by atoms with Crippen LogP contribution in [0.1, 0.15) is 39.5 Å². The summed E-state index contributed by atoms with van der Waals surface area (Å²) in [6.45, 7) is 4.67. The highest BCUT2D eigenvalue weighted by molar-refractivity contribution is 7.22. The number of benzene rings is 1. The smallest absolute Gasteiger partial charge is 0.184 e. The van der Waals surface area contributed by atoms with Crippen LogP contribution in [0.15, 0.2) is 18.2 Å². The Morgan fingerprint density at radius 3 is 2.90 bits per heavy atom. The summed E-state index contributed by atoms with van der Waals surface area (Å²) >= 11 is 7.76. The highest BCUT2D eigenvalue weighted by Gasteiger charge is 2.28. The van der Waals surface area contributed by atoms with Gasteiger partial charge in [0, 0.05) is 11.1 Å². The van der Waals surface area contributed by atoms with Crippen molar-refractivity contribution in [3.63, 3.8) is 0 Å². The molecule has 0 radical (unpaired) electrons. The molecule has 0 aliphatic heterocycles. The molecule has 108 valence electrons. The minimum absolute atomic E-state index is 0.569. The van der Waals surface area contributed by atoms with Gasteiger partial charge in [-0.2, -0.15) is 0 Å². The van der Waals surface area contributed by atoms with Gasteiger partial charge in [-0.25, -0.2) is 4.98 Å². The maximum absolute atomic E-state index is 6.03. The van der Waals surface area contributed by atoms with Crippen molar-refractivity contribution >= 4 is 38.3 Å². The number of aromatic nitrogens is 1. The molecule has 1 aromatic carbocycles. The standard InChI is InChI=1S/C16H21ClN2S/c1-10(2)12-5-3-4-6-13(12)18-16-19-14-9-11(17)7-8-15(14)20-16/h7-10,12-13H,3-6H2,1-2H3,(H,18,19). The Balaban J connectivity index is 1.80. The third-order valence-electron chi connectivity index (χ3n) is 4.33. The predicted molar refractivity (Wildman–Crippen MR) is 88.8 cm³/mol. The first-order valence-electron chi connectivity index (χ1n) is 7.46.